The van der Waals surface area contributed by atoms with Crippen LogP contribution in [0.3, 0.4) is 0 Å². The number of nitrogens with one attached hydrogen (secondary N) is 3. The molecule has 0 aliphatic carbocycles. The number of fused-ring (bicyclic) bond motifs is 2. The van der Waals surface area contributed by atoms with Gasteiger partial charge in [-0.1, -0.05) is 54.6 Å². The Labute approximate surface area is 201 Å². The molecule has 3 aromatic carbocycles. The van der Waals surface area contributed by atoms with E-state index in [-0.39, 0.29) is 0 Å². The van der Waals surface area contributed by atoms with E-state index in [9.17, 15) is 0 Å². The highest BCUT2D eigenvalue weighted by molar-refractivity contribution is 7.22. The van der Waals surface area contributed by atoms with Crippen LogP contribution >= 0.6 is 11.3 Å². The molecule has 6 heteroatoms. The van der Waals surface area contributed by atoms with E-state index in [0.29, 0.717) is 0 Å². The van der Waals surface area contributed by atoms with Crippen LogP contribution in [-0.2, 0) is 13.1 Å². The molecule has 0 unspecified atom stereocenters. The van der Waals surface area contributed by atoms with Gasteiger partial charge in [0.15, 0.2) is 5.82 Å². The molecule has 0 radical (unpaired) electrons. The Kier molecular flexibility index (Phi) is 5.51. The summed E-state index contributed by atoms with van der Waals surface area (Å²) < 4.78 is 1.06. The van der Waals surface area contributed by atoms with Gasteiger partial charge in [0, 0.05) is 40.8 Å². The number of aromatic nitrogens is 3. The quantitative estimate of drug-likeness (QED) is 0.243. The summed E-state index contributed by atoms with van der Waals surface area (Å²) in [5, 5.41) is 8.16. The maximum Gasteiger partial charge on any atom is 0.151 e. The molecule has 0 amide bonds. The maximum atomic E-state index is 4.52. The summed E-state index contributed by atoms with van der Waals surface area (Å²) >= 11 is 1.71. The Morgan fingerprint density at radius 3 is 2.47 bits per heavy atom. The second kappa shape index (κ2) is 9.09. The minimum Gasteiger partial charge on any atom is -0.361 e. The van der Waals surface area contributed by atoms with Crippen molar-refractivity contribution in [2.24, 2.45) is 0 Å². The highest BCUT2D eigenvalue weighted by Crippen LogP contribution is 2.36. The summed E-state index contributed by atoms with van der Waals surface area (Å²) in [6, 6.07) is 29.7. The molecule has 0 fully saturated rings. The second-order valence-electron chi connectivity index (χ2n) is 8.24. The number of rotatable bonds is 7. The lowest BCUT2D eigenvalue weighted by Gasteiger charge is -2.06. The summed E-state index contributed by atoms with van der Waals surface area (Å²) in [5.41, 5.74) is 6.83. The standard InChI is InChI=1S/C28H23N5S/c1-2-4-19(5-3-1)16-29-17-20-6-8-21(9-7-20)26-15-25-27(34-26)28(32-18-31-25)33-23-10-11-24-22(14-23)12-13-30-24/h1-15,18,29-30H,16-17H2,(H,31,32,33). The van der Waals surface area contributed by atoms with Crippen LogP contribution in [0.1, 0.15) is 11.1 Å². The van der Waals surface area contributed by atoms with Gasteiger partial charge < -0.3 is 15.6 Å². The summed E-state index contributed by atoms with van der Waals surface area (Å²) in [7, 11) is 0. The average molecular weight is 462 g/mol. The Bertz CT molecular complexity index is 1550. The molecule has 0 atom stereocenters. The van der Waals surface area contributed by atoms with E-state index < -0.39 is 0 Å². The number of aromatic amines is 1. The third kappa shape index (κ3) is 4.29. The van der Waals surface area contributed by atoms with Gasteiger partial charge in [0.1, 0.15) is 6.33 Å². The average Bonchev–Trinajstić information content (AvgIpc) is 3.53. The predicted octanol–water partition coefficient (Wildman–Crippen LogP) is 6.87. The first-order valence-corrected chi connectivity index (χ1v) is 12.1. The van der Waals surface area contributed by atoms with E-state index >= 15 is 0 Å². The number of hydrogen-bond acceptors (Lipinski definition) is 5. The fourth-order valence-electron chi connectivity index (χ4n) is 4.09. The van der Waals surface area contributed by atoms with E-state index in [4.69, 9.17) is 0 Å². The van der Waals surface area contributed by atoms with Crippen molar-refractivity contribution in [3.8, 4) is 10.4 Å². The van der Waals surface area contributed by atoms with Crippen molar-refractivity contribution in [2.75, 3.05) is 5.32 Å². The van der Waals surface area contributed by atoms with Gasteiger partial charge in [-0.3, -0.25) is 0 Å². The normalized spacial score (nSPS) is 11.3. The molecule has 3 aromatic heterocycles. The van der Waals surface area contributed by atoms with Crippen LogP contribution < -0.4 is 10.6 Å². The van der Waals surface area contributed by atoms with Crippen molar-refractivity contribution in [1.29, 1.82) is 0 Å². The maximum absolute atomic E-state index is 4.52. The molecule has 6 aromatic rings. The Morgan fingerprint density at radius 1 is 0.794 bits per heavy atom. The molecule has 3 heterocycles. The molecule has 0 aliphatic rings. The van der Waals surface area contributed by atoms with E-state index in [0.717, 1.165) is 40.3 Å². The third-order valence-corrected chi connectivity index (χ3v) is 7.05. The van der Waals surface area contributed by atoms with Crippen LogP contribution in [0.15, 0.2) is 97.5 Å². The van der Waals surface area contributed by atoms with Crippen molar-refractivity contribution in [2.45, 2.75) is 13.1 Å². The fraction of sp³-hybridized carbons (Fsp3) is 0.0714. The van der Waals surface area contributed by atoms with Gasteiger partial charge >= 0.3 is 0 Å². The van der Waals surface area contributed by atoms with Crippen molar-refractivity contribution < 1.29 is 0 Å². The molecule has 34 heavy (non-hydrogen) atoms. The zero-order chi connectivity index (χ0) is 22.7. The number of H-pyrrole nitrogens is 1. The Hall–Kier alpha value is -4.00. The number of benzene rings is 3. The summed E-state index contributed by atoms with van der Waals surface area (Å²) in [6.07, 6.45) is 3.57. The number of hydrogen-bond donors (Lipinski definition) is 3. The molecule has 166 valence electrons. The van der Waals surface area contributed by atoms with Crippen LogP contribution in [0.25, 0.3) is 31.6 Å². The summed E-state index contributed by atoms with van der Waals surface area (Å²) in [6.45, 7) is 1.71. The van der Waals surface area contributed by atoms with Crippen LogP contribution in [-0.4, -0.2) is 15.0 Å². The first-order valence-electron chi connectivity index (χ1n) is 11.2. The van der Waals surface area contributed by atoms with E-state index in [1.165, 1.54) is 27.0 Å². The van der Waals surface area contributed by atoms with E-state index in [2.05, 4.69) is 104 Å². The van der Waals surface area contributed by atoms with Crippen LogP contribution in [0, 0.1) is 0 Å². The smallest absolute Gasteiger partial charge is 0.151 e. The largest absolute Gasteiger partial charge is 0.361 e. The minimum absolute atomic E-state index is 0.831. The number of thiophene rings is 1. The fourth-order valence-corrected chi connectivity index (χ4v) is 5.15. The van der Waals surface area contributed by atoms with Gasteiger partial charge in [0.05, 0.1) is 10.2 Å². The monoisotopic (exact) mass is 461 g/mol. The van der Waals surface area contributed by atoms with Gasteiger partial charge in [0.25, 0.3) is 0 Å². The highest BCUT2D eigenvalue weighted by atomic mass is 32.1. The molecule has 0 saturated carbocycles. The minimum atomic E-state index is 0.831. The molecule has 0 bridgehead atoms. The SMILES string of the molecule is c1ccc(CNCc2ccc(-c3cc4ncnc(Nc5ccc6[nH]ccc6c5)c4s3)cc2)cc1. The number of anilines is 2. The van der Waals surface area contributed by atoms with Crippen molar-refractivity contribution in [1.82, 2.24) is 20.3 Å². The Balaban J connectivity index is 1.19. The first kappa shape index (κ1) is 20.6. The van der Waals surface area contributed by atoms with Gasteiger partial charge in [-0.25, -0.2) is 9.97 Å². The predicted molar refractivity (Wildman–Crippen MR) is 141 cm³/mol. The van der Waals surface area contributed by atoms with Gasteiger partial charge in [-0.15, -0.1) is 11.3 Å². The van der Waals surface area contributed by atoms with Gasteiger partial charge in [0.2, 0.25) is 0 Å². The molecular weight excluding hydrogens is 438 g/mol. The molecule has 5 nitrogen and oxygen atoms in total. The highest BCUT2D eigenvalue weighted by Gasteiger charge is 2.11. The second-order valence-corrected chi connectivity index (χ2v) is 9.29. The summed E-state index contributed by atoms with van der Waals surface area (Å²) in [5.74, 6) is 0.831. The third-order valence-electron chi connectivity index (χ3n) is 5.87. The molecular formula is C28H23N5S. The van der Waals surface area contributed by atoms with Gasteiger partial charge in [-0.2, -0.15) is 0 Å². The van der Waals surface area contributed by atoms with E-state index in [1.807, 2.05) is 12.3 Å². The number of nitrogens with zero attached hydrogens (tertiary/aromatic N) is 2. The Morgan fingerprint density at radius 2 is 1.62 bits per heavy atom. The van der Waals surface area contributed by atoms with E-state index in [1.54, 1.807) is 17.7 Å². The molecule has 0 spiro atoms. The van der Waals surface area contributed by atoms with Crippen LogP contribution in [0.4, 0.5) is 11.5 Å². The van der Waals surface area contributed by atoms with Crippen LogP contribution in [0.2, 0.25) is 0 Å². The lowest BCUT2D eigenvalue weighted by atomic mass is 10.1. The van der Waals surface area contributed by atoms with Crippen LogP contribution in [0.5, 0.6) is 0 Å². The molecule has 0 aliphatic heterocycles. The lowest BCUT2D eigenvalue weighted by molar-refractivity contribution is 0.693. The lowest BCUT2D eigenvalue weighted by Crippen LogP contribution is -2.12. The zero-order valence-electron chi connectivity index (χ0n) is 18.5. The molecule has 6 rings (SSSR count). The molecule has 3 N–H and O–H groups in total. The first-order chi connectivity index (χ1) is 16.8. The summed E-state index contributed by atoms with van der Waals surface area (Å²) in [4.78, 5) is 13.4. The van der Waals surface area contributed by atoms with Gasteiger partial charge in [-0.05, 0) is 47.0 Å². The van der Waals surface area contributed by atoms with Crippen molar-refractivity contribution in [3.63, 3.8) is 0 Å². The molecule has 0 saturated heterocycles. The van der Waals surface area contributed by atoms with Crippen molar-refractivity contribution >= 4 is 44.0 Å². The van der Waals surface area contributed by atoms with Crippen molar-refractivity contribution in [3.05, 3.63) is 109 Å². The topological polar surface area (TPSA) is 65.6 Å². The zero-order valence-corrected chi connectivity index (χ0v) is 19.3.